The number of amides is 1. The van der Waals surface area contributed by atoms with E-state index >= 15 is 0 Å². The summed E-state index contributed by atoms with van der Waals surface area (Å²) in [5.74, 6) is -0.0751. The molecule has 0 aliphatic rings. The average molecular weight is 373 g/mol. The molecule has 0 saturated heterocycles. The van der Waals surface area contributed by atoms with E-state index in [4.69, 9.17) is 11.6 Å². The average Bonchev–Trinajstić information content (AvgIpc) is 3.09. The number of nitro groups is 1. The van der Waals surface area contributed by atoms with Crippen molar-refractivity contribution in [2.24, 2.45) is 0 Å². The highest BCUT2D eigenvalue weighted by Crippen LogP contribution is 2.25. The lowest BCUT2D eigenvalue weighted by Gasteiger charge is -2.07. The monoisotopic (exact) mass is 372 g/mol. The lowest BCUT2D eigenvalue weighted by Crippen LogP contribution is -2.24. The van der Waals surface area contributed by atoms with E-state index in [0.29, 0.717) is 5.82 Å². The number of nitrogens with zero attached hydrogens (tertiary/aromatic N) is 5. The van der Waals surface area contributed by atoms with E-state index in [-0.39, 0.29) is 22.8 Å². The second-order valence-corrected chi connectivity index (χ2v) is 5.86. The molecule has 3 aromatic rings. The summed E-state index contributed by atoms with van der Waals surface area (Å²) in [7, 11) is 0. The molecule has 0 radical (unpaired) electrons. The van der Waals surface area contributed by atoms with Crippen LogP contribution in [0.4, 0.5) is 5.69 Å². The zero-order valence-corrected chi connectivity index (χ0v) is 14.3. The van der Waals surface area contributed by atoms with Crippen LogP contribution in [0.1, 0.15) is 21.7 Å². The van der Waals surface area contributed by atoms with Crippen LogP contribution in [0.2, 0.25) is 5.02 Å². The van der Waals surface area contributed by atoms with E-state index in [2.05, 4.69) is 20.8 Å². The Morgan fingerprint density at radius 1 is 1.27 bits per heavy atom. The second-order valence-electron chi connectivity index (χ2n) is 5.45. The van der Waals surface area contributed by atoms with Crippen LogP contribution in [-0.4, -0.2) is 31.0 Å². The molecule has 0 unspecified atom stereocenters. The Kier molecular flexibility index (Phi) is 4.90. The molecule has 0 saturated carbocycles. The van der Waals surface area contributed by atoms with Gasteiger partial charge in [0.05, 0.1) is 17.2 Å². The van der Waals surface area contributed by atoms with E-state index in [9.17, 15) is 14.9 Å². The van der Waals surface area contributed by atoms with Gasteiger partial charge in [-0.25, -0.2) is 0 Å². The maximum atomic E-state index is 12.3. The molecule has 0 bridgehead atoms. The highest BCUT2D eigenvalue weighted by Gasteiger charge is 2.17. The van der Waals surface area contributed by atoms with Crippen molar-refractivity contribution in [2.45, 2.75) is 13.5 Å². The number of rotatable bonds is 5. The van der Waals surface area contributed by atoms with Gasteiger partial charge in [0, 0.05) is 11.6 Å². The second kappa shape index (κ2) is 7.28. The number of benzene rings is 2. The zero-order chi connectivity index (χ0) is 18.7. The number of carbonyl (C=O) groups excluding carboxylic acids is 1. The Morgan fingerprint density at radius 2 is 2.00 bits per heavy atom. The number of halogens is 1. The Bertz CT molecular complexity index is 970. The minimum absolute atomic E-state index is 0.0325. The molecular formula is C16H13ClN6O3. The van der Waals surface area contributed by atoms with Crippen molar-refractivity contribution in [1.29, 1.82) is 0 Å². The van der Waals surface area contributed by atoms with Gasteiger partial charge in [0.2, 0.25) is 0 Å². The summed E-state index contributed by atoms with van der Waals surface area (Å²) in [6.45, 7) is 2.02. The minimum atomic E-state index is -0.642. The fraction of sp³-hybridized carbons (Fsp3) is 0.125. The maximum absolute atomic E-state index is 12.3. The van der Waals surface area contributed by atoms with Crippen molar-refractivity contribution in [3.8, 4) is 5.69 Å². The Morgan fingerprint density at radius 3 is 2.69 bits per heavy atom. The van der Waals surface area contributed by atoms with Crippen molar-refractivity contribution in [2.75, 3.05) is 0 Å². The molecule has 9 nitrogen and oxygen atoms in total. The van der Waals surface area contributed by atoms with E-state index in [1.807, 2.05) is 31.2 Å². The van der Waals surface area contributed by atoms with Crippen molar-refractivity contribution >= 4 is 23.2 Å². The number of carbonyl (C=O) groups is 1. The van der Waals surface area contributed by atoms with Crippen LogP contribution in [0, 0.1) is 17.0 Å². The highest BCUT2D eigenvalue weighted by atomic mass is 35.5. The Balaban J connectivity index is 1.75. The van der Waals surface area contributed by atoms with Crippen molar-refractivity contribution in [3.05, 3.63) is 74.6 Å². The summed E-state index contributed by atoms with van der Waals surface area (Å²) in [6, 6.07) is 11.4. The third-order valence-electron chi connectivity index (χ3n) is 3.62. The number of aryl methyl sites for hydroxylation is 1. The molecule has 132 valence electrons. The maximum Gasteiger partial charge on any atom is 0.288 e. The fourth-order valence-electron chi connectivity index (χ4n) is 2.26. The topological polar surface area (TPSA) is 116 Å². The molecule has 10 heteroatoms. The summed E-state index contributed by atoms with van der Waals surface area (Å²) in [6.07, 6.45) is 0. The van der Waals surface area contributed by atoms with Gasteiger partial charge in [-0.05, 0) is 41.6 Å². The fourth-order valence-corrected chi connectivity index (χ4v) is 2.44. The lowest BCUT2D eigenvalue weighted by molar-refractivity contribution is -0.384. The summed E-state index contributed by atoms with van der Waals surface area (Å²) >= 11 is 5.75. The third-order valence-corrected chi connectivity index (χ3v) is 3.94. The van der Waals surface area contributed by atoms with Gasteiger partial charge in [0.1, 0.15) is 5.02 Å². The Labute approximate surface area is 152 Å². The summed E-state index contributed by atoms with van der Waals surface area (Å²) in [5.41, 5.74) is 1.65. The molecule has 0 atom stereocenters. The van der Waals surface area contributed by atoms with Crippen LogP contribution in [0.25, 0.3) is 5.69 Å². The zero-order valence-electron chi connectivity index (χ0n) is 13.6. The molecule has 0 fully saturated rings. The van der Waals surface area contributed by atoms with Crippen molar-refractivity contribution < 1.29 is 9.72 Å². The van der Waals surface area contributed by atoms with Crippen LogP contribution >= 0.6 is 11.6 Å². The van der Waals surface area contributed by atoms with E-state index in [1.54, 1.807) is 0 Å². The first-order valence-electron chi connectivity index (χ1n) is 7.52. The van der Waals surface area contributed by atoms with Crippen LogP contribution in [-0.2, 0) is 6.54 Å². The van der Waals surface area contributed by atoms with Crippen LogP contribution in [0.3, 0.4) is 0 Å². The number of hydrogen-bond acceptors (Lipinski definition) is 6. The van der Waals surface area contributed by atoms with Gasteiger partial charge in [-0.15, -0.1) is 5.10 Å². The van der Waals surface area contributed by atoms with Crippen LogP contribution < -0.4 is 5.32 Å². The normalized spacial score (nSPS) is 10.5. The quantitative estimate of drug-likeness (QED) is 0.543. The van der Waals surface area contributed by atoms with Gasteiger partial charge in [0.25, 0.3) is 11.6 Å². The molecule has 2 aromatic carbocycles. The van der Waals surface area contributed by atoms with Crippen molar-refractivity contribution in [1.82, 2.24) is 25.5 Å². The number of hydrogen-bond donors (Lipinski definition) is 1. The number of tetrazole rings is 1. The molecule has 1 heterocycles. The number of nitrogens with one attached hydrogen (secondary N) is 1. The number of nitro benzene ring substituents is 1. The first-order chi connectivity index (χ1) is 12.5. The van der Waals surface area contributed by atoms with Gasteiger partial charge in [-0.1, -0.05) is 29.3 Å². The summed E-state index contributed by atoms with van der Waals surface area (Å²) in [4.78, 5) is 22.5. The van der Waals surface area contributed by atoms with Crippen molar-refractivity contribution in [3.63, 3.8) is 0 Å². The Hall–Kier alpha value is -3.33. The SMILES string of the molecule is Cc1ccc(-n2nnnc2CNC(=O)c2ccc(Cl)c([N+](=O)[O-])c2)cc1. The largest absolute Gasteiger partial charge is 0.345 e. The molecule has 1 N–H and O–H groups in total. The van der Waals surface area contributed by atoms with Gasteiger partial charge in [-0.2, -0.15) is 4.68 Å². The first-order valence-corrected chi connectivity index (χ1v) is 7.90. The molecule has 0 aliphatic carbocycles. The third kappa shape index (κ3) is 3.67. The summed E-state index contributed by atoms with van der Waals surface area (Å²) < 4.78 is 1.50. The van der Waals surface area contributed by atoms with Gasteiger partial charge in [0.15, 0.2) is 5.82 Å². The highest BCUT2D eigenvalue weighted by molar-refractivity contribution is 6.32. The van der Waals surface area contributed by atoms with E-state index in [1.165, 1.54) is 16.8 Å². The summed E-state index contributed by atoms with van der Waals surface area (Å²) in [5, 5.41) is 25.0. The molecule has 3 rings (SSSR count). The molecule has 1 aromatic heterocycles. The predicted molar refractivity (Wildman–Crippen MR) is 93.2 cm³/mol. The molecule has 1 amide bonds. The first kappa shape index (κ1) is 17.5. The van der Waals surface area contributed by atoms with Crippen LogP contribution in [0.15, 0.2) is 42.5 Å². The van der Waals surface area contributed by atoms with Gasteiger partial charge >= 0.3 is 0 Å². The molecule has 0 spiro atoms. The minimum Gasteiger partial charge on any atom is -0.345 e. The van der Waals surface area contributed by atoms with Gasteiger partial charge in [-0.3, -0.25) is 14.9 Å². The predicted octanol–water partition coefficient (Wildman–Crippen LogP) is 2.46. The van der Waals surface area contributed by atoms with Gasteiger partial charge < -0.3 is 5.32 Å². The molecule has 26 heavy (non-hydrogen) atoms. The van der Waals surface area contributed by atoms with Crippen LogP contribution in [0.5, 0.6) is 0 Å². The molecule has 0 aliphatic heterocycles. The smallest absolute Gasteiger partial charge is 0.288 e. The van der Waals surface area contributed by atoms with E-state index in [0.717, 1.165) is 17.3 Å². The lowest BCUT2D eigenvalue weighted by atomic mass is 10.2. The molecular weight excluding hydrogens is 360 g/mol. The standard InChI is InChI=1S/C16H13ClN6O3/c1-10-2-5-12(6-3-10)22-15(19-20-21-22)9-18-16(24)11-4-7-13(17)14(8-11)23(25)26/h2-8H,9H2,1H3,(H,18,24). The van der Waals surface area contributed by atoms with E-state index < -0.39 is 10.8 Å². The number of aromatic nitrogens is 4.